The van der Waals surface area contributed by atoms with Crippen molar-refractivity contribution in [1.82, 2.24) is 4.98 Å². The SMILES string of the molecule is CCOC(=O)c1cnc(C)c(-c2cccc(C#N)c2)c1Cl. The number of aryl methyl sites for hydroxylation is 1. The van der Waals surface area contributed by atoms with Crippen LogP contribution in [0.4, 0.5) is 0 Å². The molecule has 0 spiro atoms. The van der Waals surface area contributed by atoms with Gasteiger partial charge in [0.2, 0.25) is 0 Å². The van der Waals surface area contributed by atoms with Gasteiger partial charge in [-0.25, -0.2) is 4.79 Å². The maximum atomic E-state index is 11.9. The average molecular weight is 301 g/mol. The molecule has 0 radical (unpaired) electrons. The quantitative estimate of drug-likeness (QED) is 0.810. The van der Waals surface area contributed by atoms with Crippen LogP contribution in [-0.4, -0.2) is 17.6 Å². The van der Waals surface area contributed by atoms with E-state index in [0.717, 1.165) is 5.56 Å². The number of hydrogen-bond acceptors (Lipinski definition) is 4. The minimum atomic E-state index is -0.507. The molecule has 0 aliphatic heterocycles. The zero-order valence-corrected chi connectivity index (χ0v) is 12.4. The molecule has 2 rings (SSSR count). The number of nitriles is 1. The Morgan fingerprint density at radius 2 is 2.24 bits per heavy atom. The molecule has 0 fully saturated rings. The van der Waals surface area contributed by atoms with Gasteiger partial charge in [0.05, 0.1) is 28.8 Å². The number of nitrogens with zero attached hydrogens (tertiary/aromatic N) is 2. The number of hydrogen-bond donors (Lipinski definition) is 0. The van der Waals surface area contributed by atoms with Crippen molar-refractivity contribution < 1.29 is 9.53 Å². The summed E-state index contributed by atoms with van der Waals surface area (Å²) >= 11 is 6.35. The molecule has 0 amide bonds. The Labute approximate surface area is 128 Å². The van der Waals surface area contributed by atoms with Crippen LogP contribution < -0.4 is 0 Å². The van der Waals surface area contributed by atoms with Gasteiger partial charge >= 0.3 is 5.97 Å². The first-order chi connectivity index (χ1) is 10.1. The molecule has 0 aliphatic rings. The molecule has 0 atom stereocenters. The molecule has 5 heteroatoms. The first-order valence-corrected chi connectivity index (χ1v) is 6.79. The molecule has 0 bridgehead atoms. The first-order valence-electron chi connectivity index (χ1n) is 6.41. The Morgan fingerprint density at radius 1 is 1.48 bits per heavy atom. The second-order valence-corrected chi connectivity index (χ2v) is 4.74. The van der Waals surface area contributed by atoms with E-state index >= 15 is 0 Å². The van der Waals surface area contributed by atoms with Gasteiger partial charge in [0.25, 0.3) is 0 Å². The molecule has 1 heterocycles. The van der Waals surface area contributed by atoms with Crippen molar-refractivity contribution in [2.45, 2.75) is 13.8 Å². The maximum absolute atomic E-state index is 11.9. The van der Waals surface area contributed by atoms with Gasteiger partial charge in [-0.3, -0.25) is 4.98 Å². The van der Waals surface area contributed by atoms with Crippen LogP contribution in [0, 0.1) is 18.3 Å². The van der Waals surface area contributed by atoms with Crippen molar-refractivity contribution in [2.24, 2.45) is 0 Å². The molecule has 0 unspecified atom stereocenters. The van der Waals surface area contributed by atoms with E-state index in [-0.39, 0.29) is 17.2 Å². The van der Waals surface area contributed by atoms with Gasteiger partial charge in [-0.2, -0.15) is 5.26 Å². The third-order valence-corrected chi connectivity index (χ3v) is 3.37. The Kier molecular flexibility index (Phi) is 4.56. The van der Waals surface area contributed by atoms with Crippen LogP contribution in [0.3, 0.4) is 0 Å². The highest BCUT2D eigenvalue weighted by molar-refractivity contribution is 6.36. The van der Waals surface area contributed by atoms with Gasteiger partial charge in [0.1, 0.15) is 0 Å². The second-order valence-electron chi connectivity index (χ2n) is 4.36. The summed E-state index contributed by atoms with van der Waals surface area (Å²) in [5, 5.41) is 9.28. The fourth-order valence-electron chi connectivity index (χ4n) is 2.01. The highest BCUT2D eigenvalue weighted by Gasteiger charge is 2.18. The fourth-order valence-corrected chi connectivity index (χ4v) is 2.38. The summed E-state index contributed by atoms with van der Waals surface area (Å²) in [4.78, 5) is 16.1. The van der Waals surface area contributed by atoms with Gasteiger partial charge in [0.15, 0.2) is 0 Å². The molecule has 0 aliphatic carbocycles. The first kappa shape index (κ1) is 15.0. The lowest BCUT2D eigenvalue weighted by Gasteiger charge is -2.11. The van der Waals surface area contributed by atoms with E-state index < -0.39 is 5.97 Å². The number of pyridine rings is 1. The highest BCUT2D eigenvalue weighted by atomic mass is 35.5. The number of esters is 1. The minimum Gasteiger partial charge on any atom is -0.462 e. The van der Waals surface area contributed by atoms with E-state index in [4.69, 9.17) is 21.6 Å². The average Bonchev–Trinajstić information content (AvgIpc) is 2.48. The Bertz CT molecular complexity index is 736. The molecular formula is C16H13ClN2O2. The molecule has 1 aromatic carbocycles. The van der Waals surface area contributed by atoms with E-state index in [1.54, 1.807) is 32.0 Å². The van der Waals surface area contributed by atoms with Crippen LogP contribution in [0.15, 0.2) is 30.5 Å². The zero-order chi connectivity index (χ0) is 15.4. The van der Waals surface area contributed by atoms with Crippen molar-refractivity contribution in [3.05, 3.63) is 52.3 Å². The Balaban J connectivity index is 2.60. The van der Waals surface area contributed by atoms with E-state index in [1.807, 2.05) is 6.07 Å². The maximum Gasteiger partial charge on any atom is 0.341 e. The number of ether oxygens (including phenoxy) is 1. The largest absolute Gasteiger partial charge is 0.462 e. The number of aromatic nitrogens is 1. The van der Waals surface area contributed by atoms with Crippen molar-refractivity contribution in [3.8, 4) is 17.2 Å². The van der Waals surface area contributed by atoms with Crippen molar-refractivity contribution in [3.63, 3.8) is 0 Å². The van der Waals surface area contributed by atoms with Crippen LogP contribution in [0.5, 0.6) is 0 Å². The molecule has 106 valence electrons. The highest BCUT2D eigenvalue weighted by Crippen LogP contribution is 2.33. The third-order valence-electron chi connectivity index (χ3n) is 2.98. The van der Waals surface area contributed by atoms with Gasteiger partial charge in [0, 0.05) is 17.5 Å². The fraction of sp³-hybridized carbons (Fsp3) is 0.188. The third kappa shape index (κ3) is 3.04. The normalized spacial score (nSPS) is 10.0. The van der Waals surface area contributed by atoms with E-state index in [1.165, 1.54) is 6.20 Å². The van der Waals surface area contributed by atoms with Gasteiger partial charge in [-0.15, -0.1) is 0 Å². The van der Waals surface area contributed by atoms with E-state index in [2.05, 4.69) is 11.1 Å². The molecule has 2 aromatic rings. The number of carbonyl (C=O) groups excluding carboxylic acids is 1. The van der Waals surface area contributed by atoms with Crippen molar-refractivity contribution >= 4 is 17.6 Å². The molecular weight excluding hydrogens is 288 g/mol. The summed E-state index contributed by atoms with van der Waals surface area (Å²) in [6.07, 6.45) is 1.41. The van der Waals surface area contributed by atoms with Crippen LogP contribution in [0.25, 0.3) is 11.1 Å². The monoisotopic (exact) mass is 300 g/mol. The standard InChI is InChI=1S/C16H13ClN2O2/c1-3-21-16(20)13-9-19-10(2)14(15(13)17)12-6-4-5-11(7-12)8-18/h4-7,9H,3H2,1-2H3. The van der Waals surface area contributed by atoms with Gasteiger partial charge < -0.3 is 4.74 Å². The second kappa shape index (κ2) is 6.38. The van der Waals surface area contributed by atoms with Crippen LogP contribution >= 0.6 is 11.6 Å². The summed E-state index contributed by atoms with van der Waals surface area (Å²) in [5.74, 6) is -0.507. The predicted octanol–water partition coefficient (Wildman–Crippen LogP) is 3.76. The van der Waals surface area contributed by atoms with Gasteiger partial charge in [-0.1, -0.05) is 23.7 Å². The molecule has 0 saturated heterocycles. The smallest absolute Gasteiger partial charge is 0.341 e. The Hall–Kier alpha value is -2.38. The van der Waals surface area contributed by atoms with Crippen molar-refractivity contribution in [1.29, 1.82) is 5.26 Å². The van der Waals surface area contributed by atoms with Crippen LogP contribution in [0.1, 0.15) is 28.5 Å². The number of halogens is 1. The summed E-state index contributed by atoms with van der Waals surface area (Å²) in [5.41, 5.74) is 2.81. The number of rotatable bonds is 3. The Morgan fingerprint density at radius 3 is 2.90 bits per heavy atom. The number of benzene rings is 1. The topological polar surface area (TPSA) is 63.0 Å². The lowest BCUT2D eigenvalue weighted by Crippen LogP contribution is -2.07. The molecule has 0 N–H and O–H groups in total. The number of carbonyl (C=O) groups is 1. The molecule has 21 heavy (non-hydrogen) atoms. The summed E-state index contributed by atoms with van der Waals surface area (Å²) in [6, 6.07) is 9.09. The van der Waals surface area contributed by atoms with E-state index in [9.17, 15) is 4.79 Å². The summed E-state index contributed by atoms with van der Waals surface area (Å²) in [6.45, 7) is 3.79. The molecule has 4 nitrogen and oxygen atoms in total. The van der Waals surface area contributed by atoms with E-state index in [0.29, 0.717) is 16.8 Å². The van der Waals surface area contributed by atoms with Crippen LogP contribution in [-0.2, 0) is 4.74 Å². The van der Waals surface area contributed by atoms with Crippen LogP contribution in [0.2, 0.25) is 5.02 Å². The van der Waals surface area contributed by atoms with Crippen molar-refractivity contribution in [2.75, 3.05) is 6.61 Å². The zero-order valence-electron chi connectivity index (χ0n) is 11.7. The summed E-state index contributed by atoms with van der Waals surface area (Å²) < 4.78 is 4.97. The van der Waals surface area contributed by atoms with Gasteiger partial charge in [-0.05, 0) is 31.5 Å². The summed E-state index contributed by atoms with van der Waals surface area (Å²) in [7, 11) is 0. The lowest BCUT2D eigenvalue weighted by atomic mass is 10.0. The molecule has 1 aromatic heterocycles. The lowest BCUT2D eigenvalue weighted by molar-refractivity contribution is 0.0526. The minimum absolute atomic E-state index is 0.224. The molecule has 0 saturated carbocycles. The predicted molar refractivity (Wildman–Crippen MR) is 80.1 cm³/mol.